The Labute approximate surface area is 144 Å². The zero-order valence-electron chi connectivity index (χ0n) is 15.0. The van der Waals surface area contributed by atoms with Crippen LogP contribution in [0.1, 0.15) is 38.3 Å². The number of hydrogen-bond acceptors (Lipinski definition) is 4. The Hall–Kier alpha value is -1.95. The van der Waals surface area contributed by atoms with Crippen molar-refractivity contribution >= 4 is 6.03 Å². The number of ether oxygens (including phenoxy) is 3. The van der Waals surface area contributed by atoms with Gasteiger partial charge in [0.05, 0.1) is 26.4 Å². The topological polar surface area (TPSA) is 60.0 Å². The predicted octanol–water partition coefficient (Wildman–Crippen LogP) is 2.98. The number of nitrogens with one attached hydrogen (secondary N) is 1. The summed E-state index contributed by atoms with van der Waals surface area (Å²) in [5, 5.41) is 3.05. The van der Waals surface area contributed by atoms with Gasteiger partial charge in [-0.3, -0.25) is 0 Å². The minimum absolute atomic E-state index is 0.0534. The second-order valence-electron chi connectivity index (χ2n) is 5.92. The average molecular weight is 336 g/mol. The number of benzene rings is 1. The highest BCUT2D eigenvalue weighted by molar-refractivity contribution is 5.75. The quantitative estimate of drug-likeness (QED) is 0.867. The molecule has 0 unspecified atom stereocenters. The molecule has 1 atom stereocenters. The van der Waals surface area contributed by atoms with Gasteiger partial charge in [0.25, 0.3) is 0 Å². The van der Waals surface area contributed by atoms with Crippen molar-refractivity contribution in [1.29, 1.82) is 0 Å². The summed E-state index contributed by atoms with van der Waals surface area (Å²) >= 11 is 0. The molecule has 6 heteroatoms. The van der Waals surface area contributed by atoms with Crippen molar-refractivity contribution in [2.75, 3.05) is 33.9 Å². The number of carbonyl (C=O) groups excluding carboxylic acids is 1. The first kappa shape index (κ1) is 18.4. The van der Waals surface area contributed by atoms with Gasteiger partial charge in [-0.15, -0.1) is 0 Å². The monoisotopic (exact) mass is 336 g/mol. The molecule has 1 N–H and O–H groups in total. The highest BCUT2D eigenvalue weighted by atomic mass is 16.5. The van der Waals surface area contributed by atoms with Crippen molar-refractivity contribution in [2.45, 2.75) is 38.8 Å². The molecule has 1 saturated heterocycles. The van der Waals surface area contributed by atoms with Gasteiger partial charge in [-0.1, -0.05) is 0 Å². The van der Waals surface area contributed by atoms with Crippen molar-refractivity contribution in [3.05, 3.63) is 23.8 Å². The van der Waals surface area contributed by atoms with Crippen LogP contribution in [0.4, 0.5) is 4.79 Å². The lowest BCUT2D eigenvalue weighted by Gasteiger charge is -2.32. The van der Waals surface area contributed by atoms with Crippen molar-refractivity contribution in [3.63, 3.8) is 0 Å². The summed E-state index contributed by atoms with van der Waals surface area (Å²) in [7, 11) is 3.25. The van der Waals surface area contributed by atoms with Gasteiger partial charge < -0.3 is 24.4 Å². The molecule has 2 amide bonds. The van der Waals surface area contributed by atoms with Gasteiger partial charge >= 0.3 is 6.03 Å². The third-order valence-electron chi connectivity index (χ3n) is 4.37. The van der Waals surface area contributed by atoms with Crippen LogP contribution in [-0.4, -0.2) is 51.0 Å². The van der Waals surface area contributed by atoms with E-state index in [-0.39, 0.29) is 18.2 Å². The first-order valence-corrected chi connectivity index (χ1v) is 8.48. The van der Waals surface area contributed by atoms with Crippen LogP contribution in [-0.2, 0) is 4.74 Å². The Morgan fingerprint density at radius 1 is 1.29 bits per heavy atom. The summed E-state index contributed by atoms with van der Waals surface area (Å²) in [5.74, 6) is 1.48. The molecule has 2 rings (SSSR count). The van der Waals surface area contributed by atoms with E-state index in [1.54, 1.807) is 14.2 Å². The fourth-order valence-electron chi connectivity index (χ4n) is 2.99. The highest BCUT2D eigenvalue weighted by Crippen LogP contribution is 2.29. The fraction of sp³-hybridized carbons (Fsp3) is 0.611. The van der Waals surface area contributed by atoms with E-state index in [4.69, 9.17) is 14.2 Å². The Balaban J connectivity index is 1.97. The number of carbonyl (C=O) groups is 1. The second-order valence-corrected chi connectivity index (χ2v) is 5.92. The van der Waals surface area contributed by atoms with E-state index in [0.717, 1.165) is 49.6 Å². The molecule has 0 aliphatic carbocycles. The number of methoxy groups -OCH3 is 2. The summed E-state index contributed by atoms with van der Waals surface area (Å²) in [5.41, 5.74) is 0.898. The molecule has 1 aromatic carbocycles. The Kier molecular flexibility index (Phi) is 6.73. The van der Waals surface area contributed by atoms with Gasteiger partial charge in [0.15, 0.2) is 0 Å². The summed E-state index contributed by atoms with van der Waals surface area (Å²) in [6, 6.07) is 5.36. The highest BCUT2D eigenvalue weighted by Gasteiger charge is 2.24. The van der Waals surface area contributed by atoms with E-state index >= 15 is 0 Å². The van der Waals surface area contributed by atoms with Gasteiger partial charge in [0.2, 0.25) is 0 Å². The molecule has 0 radical (unpaired) electrons. The normalized spacial score (nSPS) is 16.6. The minimum atomic E-state index is -0.174. The number of amides is 2. The van der Waals surface area contributed by atoms with Gasteiger partial charge in [-0.05, 0) is 44.9 Å². The largest absolute Gasteiger partial charge is 0.497 e. The first-order valence-electron chi connectivity index (χ1n) is 8.48. The third-order valence-corrected chi connectivity index (χ3v) is 4.37. The standard InChI is InChI=1S/C18H28N2O4/c1-5-24-14-8-10-20(11-9-14)18(21)19-13(2)16-12-15(22-3)6-7-17(16)23-4/h6-7,12-14H,5,8-11H2,1-4H3,(H,19,21)/t13-/m0/s1. The maximum atomic E-state index is 12.5. The molecular weight excluding hydrogens is 308 g/mol. The molecule has 6 nitrogen and oxygen atoms in total. The molecule has 134 valence electrons. The molecule has 0 aromatic heterocycles. The smallest absolute Gasteiger partial charge is 0.317 e. The third kappa shape index (κ3) is 4.54. The SMILES string of the molecule is CCOC1CCN(C(=O)N[C@@H](C)c2cc(OC)ccc2OC)CC1. The number of hydrogen-bond donors (Lipinski definition) is 1. The van der Waals surface area contributed by atoms with Crippen LogP contribution in [0.25, 0.3) is 0 Å². The molecule has 1 aromatic rings. The van der Waals surface area contributed by atoms with Crippen LogP contribution < -0.4 is 14.8 Å². The number of piperidine rings is 1. The van der Waals surface area contributed by atoms with Crippen molar-refractivity contribution in [1.82, 2.24) is 10.2 Å². The van der Waals surface area contributed by atoms with E-state index < -0.39 is 0 Å². The molecule has 1 fully saturated rings. The Bertz CT molecular complexity index is 542. The number of rotatable bonds is 6. The summed E-state index contributed by atoms with van der Waals surface area (Å²) in [4.78, 5) is 14.3. The van der Waals surface area contributed by atoms with Crippen LogP contribution >= 0.6 is 0 Å². The molecule has 1 heterocycles. The zero-order chi connectivity index (χ0) is 17.5. The van der Waals surface area contributed by atoms with Crippen LogP contribution in [0, 0.1) is 0 Å². The fourth-order valence-corrected chi connectivity index (χ4v) is 2.99. The molecule has 1 aliphatic rings. The van der Waals surface area contributed by atoms with Gasteiger partial charge in [-0.25, -0.2) is 4.79 Å². The van der Waals surface area contributed by atoms with Crippen molar-refractivity contribution in [3.8, 4) is 11.5 Å². The lowest BCUT2D eigenvalue weighted by atomic mass is 10.1. The number of likely N-dealkylation sites (tertiary alicyclic amines) is 1. The molecule has 0 bridgehead atoms. The summed E-state index contributed by atoms with van der Waals surface area (Å²) in [6.45, 7) is 6.12. The molecule has 0 spiro atoms. The molecular formula is C18H28N2O4. The minimum Gasteiger partial charge on any atom is -0.497 e. The van der Waals surface area contributed by atoms with Gasteiger partial charge in [0, 0.05) is 25.3 Å². The second kappa shape index (κ2) is 8.78. The maximum absolute atomic E-state index is 12.5. The van der Waals surface area contributed by atoms with Crippen molar-refractivity contribution < 1.29 is 19.0 Å². The van der Waals surface area contributed by atoms with E-state index in [1.807, 2.05) is 36.9 Å². The van der Waals surface area contributed by atoms with E-state index in [0.29, 0.717) is 0 Å². The van der Waals surface area contributed by atoms with Crippen molar-refractivity contribution in [2.24, 2.45) is 0 Å². The van der Waals surface area contributed by atoms with Crippen LogP contribution in [0.15, 0.2) is 18.2 Å². The Morgan fingerprint density at radius 2 is 2.00 bits per heavy atom. The lowest BCUT2D eigenvalue weighted by molar-refractivity contribution is 0.0218. The number of nitrogens with zero attached hydrogens (tertiary/aromatic N) is 1. The van der Waals surface area contributed by atoms with E-state index in [1.165, 1.54) is 0 Å². The predicted molar refractivity (Wildman–Crippen MR) is 92.7 cm³/mol. The number of urea groups is 1. The average Bonchev–Trinajstić information content (AvgIpc) is 2.61. The molecule has 1 aliphatic heterocycles. The lowest BCUT2D eigenvalue weighted by Crippen LogP contribution is -2.46. The first-order chi connectivity index (χ1) is 11.6. The van der Waals surface area contributed by atoms with Gasteiger partial charge in [0.1, 0.15) is 11.5 Å². The van der Waals surface area contributed by atoms with Crippen LogP contribution in [0.3, 0.4) is 0 Å². The van der Waals surface area contributed by atoms with E-state index in [9.17, 15) is 4.79 Å². The van der Waals surface area contributed by atoms with Crippen LogP contribution in [0.5, 0.6) is 11.5 Å². The Morgan fingerprint density at radius 3 is 2.58 bits per heavy atom. The molecule has 0 saturated carbocycles. The summed E-state index contributed by atoms with van der Waals surface area (Å²) < 4.78 is 16.3. The zero-order valence-corrected chi connectivity index (χ0v) is 15.0. The molecule has 24 heavy (non-hydrogen) atoms. The van der Waals surface area contributed by atoms with E-state index in [2.05, 4.69) is 5.32 Å². The summed E-state index contributed by atoms with van der Waals surface area (Å²) in [6.07, 6.45) is 2.05. The maximum Gasteiger partial charge on any atom is 0.317 e. The van der Waals surface area contributed by atoms with Crippen LogP contribution in [0.2, 0.25) is 0 Å². The van der Waals surface area contributed by atoms with Gasteiger partial charge in [-0.2, -0.15) is 0 Å².